The zero-order valence-electron chi connectivity index (χ0n) is 5.79. The van der Waals surface area contributed by atoms with Crippen LogP contribution in [0.5, 0.6) is 0 Å². The molecular formula is C7H8OSi2. The number of benzene rings is 1. The predicted octanol–water partition coefficient (Wildman–Crippen LogP) is 0.615. The molecule has 0 unspecified atom stereocenters. The average Bonchev–Trinajstić information content (AvgIpc) is 2.05. The Kier molecular flexibility index (Phi) is 2.86. The summed E-state index contributed by atoms with van der Waals surface area (Å²) >= 11 is 0. The Balaban J connectivity index is 2.75. The fourth-order valence-corrected chi connectivity index (χ4v) is 1.87. The van der Waals surface area contributed by atoms with Gasteiger partial charge in [0.15, 0.2) is 0 Å². The highest BCUT2D eigenvalue weighted by molar-refractivity contribution is 6.68. The lowest BCUT2D eigenvalue weighted by atomic mass is 10.4. The van der Waals surface area contributed by atoms with Crippen LogP contribution in [-0.4, -0.2) is 19.5 Å². The van der Waals surface area contributed by atoms with Crippen molar-refractivity contribution in [1.29, 1.82) is 0 Å². The molecule has 0 heterocycles. The van der Waals surface area contributed by atoms with Crippen LogP contribution >= 0.6 is 0 Å². The van der Waals surface area contributed by atoms with Crippen LogP contribution in [0.1, 0.15) is 0 Å². The number of rotatable bonds is 2. The molecule has 1 aromatic rings. The molecule has 0 aromatic heterocycles. The monoisotopic (exact) mass is 164 g/mol. The lowest BCUT2D eigenvalue weighted by Crippen LogP contribution is -2.28. The maximum atomic E-state index is 5.04. The Morgan fingerprint density at radius 1 is 1.30 bits per heavy atom. The third kappa shape index (κ3) is 1.80. The van der Waals surface area contributed by atoms with Gasteiger partial charge in [-0.15, -0.1) is 0 Å². The summed E-state index contributed by atoms with van der Waals surface area (Å²) in [4.78, 5) is 0. The minimum Gasteiger partial charge on any atom is -0.454 e. The third-order valence-electron chi connectivity index (χ3n) is 1.33. The maximum Gasteiger partial charge on any atom is 0.231 e. The van der Waals surface area contributed by atoms with Crippen molar-refractivity contribution in [3.63, 3.8) is 0 Å². The summed E-state index contributed by atoms with van der Waals surface area (Å²) in [6, 6.07) is 10.2. The highest BCUT2D eigenvalue weighted by Gasteiger charge is 2.04. The van der Waals surface area contributed by atoms with Crippen LogP contribution < -0.4 is 5.19 Å². The Bertz CT molecular complexity index is 188. The molecule has 1 aromatic carbocycles. The summed E-state index contributed by atoms with van der Waals surface area (Å²) in [6.07, 6.45) is 0. The SMILES string of the molecule is C[Si](O[Si])c1ccccc1. The van der Waals surface area contributed by atoms with Crippen LogP contribution in [0.3, 0.4) is 0 Å². The smallest absolute Gasteiger partial charge is 0.231 e. The highest BCUT2D eigenvalue weighted by Crippen LogP contribution is 1.87. The summed E-state index contributed by atoms with van der Waals surface area (Å²) in [6.45, 7) is 2.09. The second-order valence-electron chi connectivity index (χ2n) is 2.02. The van der Waals surface area contributed by atoms with Crippen molar-refractivity contribution in [2.24, 2.45) is 0 Å². The molecule has 0 aliphatic heterocycles. The summed E-state index contributed by atoms with van der Waals surface area (Å²) in [5, 5.41) is 1.28. The van der Waals surface area contributed by atoms with Crippen molar-refractivity contribution in [1.82, 2.24) is 0 Å². The third-order valence-corrected chi connectivity index (χ3v) is 3.70. The fraction of sp³-hybridized carbons (Fsp3) is 0.143. The van der Waals surface area contributed by atoms with E-state index in [4.69, 9.17) is 4.12 Å². The molecule has 0 amide bonds. The Labute approximate surface area is 66.3 Å². The van der Waals surface area contributed by atoms with E-state index in [1.807, 2.05) is 18.2 Å². The van der Waals surface area contributed by atoms with E-state index in [9.17, 15) is 0 Å². The number of hydrogen-bond acceptors (Lipinski definition) is 1. The quantitative estimate of drug-likeness (QED) is 0.582. The van der Waals surface area contributed by atoms with Crippen molar-refractivity contribution in [3.8, 4) is 0 Å². The van der Waals surface area contributed by atoms with Crippen LogP contribution in [-0.2, 0) is 4.12 Å². The number of hydrogen-bond donors (Lipinski definition) is 0. The van der Waals surface area contributed by atoms with E-state index in [0.29, 0.717) is 0 Å². The first-order valence-electron chi connectivity index (χ1n) is 3.07. The van der Waals surface area contributed by atoms with Gasteiger partial charge in [0.1, 0.15) is 0 Å². The fourth-order valence-electron chi connectivity index (χ4n) is 0.732. The molecule has 10 heavy (non-hydrogen) atoms. The van der Waals surface area contributed by atoms with Gasteiger partial charge in [-0.2, -0.15) is 0 Å². The van der Waals surface area contributed by atoms with Gasteiger partial charge >= 0.3 is 0 Å². The Morgan fingerprint density at radius 2 is 1.90 bits per heavy atom. The molecule has 1 nitrogen and oxygen atoms in total. The van der Waals surface area contributed by atoms with E-state index < -0.39 is 9.04 Å². The van der Waals surface area contributed by atoms with Gasteiger partial charge in [-0.1, -0.05) is 30.3 Å². The van der Waals surface area contributed by atoms with Gasteiger partial charge in [-0.3, -0.25) is 0 Å². The zero-order chi connectivity index (χ0) is 7.40. The van der Waals surface area contributed by atoms with Gasteiger partial charge in [0.2, 0.25) is 19.5 Å². The molecule has 0 atom stereocenters. The van der Waals surface area contributed by atoms with Crippen LogP contribution in [0.2, 0.25) is 6.55 Å². The second-order valence-corrected chi connectivity index (χ2v) is 4.53. The first-order chi connectivity index (χ1) is 4.84. The van der Waals surface area contributed by atoms with E-state index >= 15 is 0 Å². The van der Waals surface area contributed by atoms with Gasteiger partial charge in [0.05, 0.1) is 0 Å². The second kappa shape index (κ2) is 3.70. The summed E-state index contributed by atoms with van der Waals surface area (Å²) in [7, 11) is 2.25. The molecule has 0 saturated heterocycles. The largest absolute Gasteiger partial charge is 0.454 e. The molecular weight excluding hydrogens is 156 g/mol. The lowest BCUT2D eigenvalue weighted by Gasteiger charge is -2.04. The Morgan fingerprint density at radius 3 is 2.40 bits per heavy atom. The van der Waals surface area contributed by atoms with Crippen LogP contribution in [0.15, 0.2) is 30.3 Å². The average molecular weight is 164 g/mol. The normalized spacial score (nSPS) is 10.3. The predicted molar refractivity (Wildman–Crippen MR) is 44.5 cm³/mol. The van der Waals surface area contributed by atoms with Crippen molar-refractivity contribution < 1.29 is 4.12 Å². The molecule has 0 fully saturated rings. The van der Waals surface area contributed by atoms with Crippen molar-refractivity contribution in [2.75, 3.05) is 0 Å². The van der Waals surface area contributed by atoms with E-state index in [1.165, 1.54) is 5.19 Å². The Hall–Kier alpha value is -0.386. The van der Waals surface area contributed by atoms with E-state index in [1.54, 1.807) is 0 Å². The minimum atomic E-state index is -0.793. The molecule has 0 aliphatic rings. The van der Waals surface area contributed by atoms with E-state index in [0.717, 1.165) is 0 Å². The lowest BCUT2D eigenvalue weighted by molar-refractivity contribution is 0.654. The van der Waals surface area contributed by atoms with Crippen molar-refractivity contribution in [3.05, 3.63) is 30.3 Å². The highest BCUT2D eigenvalue weighted by atomic mass is 28.3. The topological polar surface area (TPSA) is 9.23 Å². The molecule has 0 aliphatic carbocycles. The molecule has 0 bridgehead atoms. The van der Waals surface area contributed by atoms with Gasteiger partial charge in [0.25, 0.3) is 0 Å². The molecule has 0 spiro atoms. The van der Waals surface area contributed by atoms with Crippen LogP contribution in [0.25, 0.3) is 0 Å². The van der Waals surface area contributed by atoms with Crippen LogP contribution in [0.4, 0.5) is 0 Å². The molecule has 4 radical (unpaired) electrons. The summed E-state index contributed by atoms with van der Waals surface area (Å²) in [5.74, 6) is 0. The van der Waals surface area contributed by atoms with Gasteiger partial charge < -0.3 is 4.12 Å². The van der Waals surface area contributed by atoms with Gasteiger partial charge in [-0.25, -0.2) is 0 Å². The van der Waals surface area contributed by atoms with Gasteiger partial charge in [-0.05, 0) is 11.7 Å². The van der Waals surface area contributed by atoms with Crippen molar-refractivity contribution >= 4 is 24.7 Å². The van der Waals surface area contributed by atoms with E-state index in [2.05, 4.69) is 29.2 Å². The molecule has 3 heteroatoms. The molecule has 50 valence electrons. The van der Waals surface area contributed by atoms with Crippen molar-refractivity contribution in [2.45, 2.75) is 6.55 Å². The first-order valence-corrected chi connectivity index (χ1v) is 5.39. The zero-order valence-corrected chi connectivity index (χ0v) is 7.79. The van der Waals surface area contributed by atoms with E-state index in [-0.39, 0.29) is 0 Å². The molecule has 0 N–H and O–H groups in total. The standard InChI is InChI=1S/C7H8OSi2/c1-10(8-9)7-5-3-2-4-6-7/h2-6H,1H3. The molecule has 1 rings (SSSR count). The first kappa shape index (κ1) is 7.72. The van der Waals surface area contributed by atoms with Crippen LogP contribution in [0, 0.1) is 0 Å². The minimum absolute atomic E-state index is 0.793. The summed E-state index contributed by atoms with van der Waals surface area (Å²) < 4.78 is 5.04. The summed E-state index contributed by atoms with van der Waals surface area (Å²) in [5.41, 5.74) is 0. The maximum absolute atomic E-state index is 5.04. The molecule has 0 saturated carbocycles. The van der Waals surface area contributed by atoms with Gasteiger partial charge in [0, 0.05) is 0 Å².